The van der Waals surface area contributed by atoms with Crippen molar-refractivity contribution in [1.29, 1.82) is 0 Å². The number of hydrogen-bond donors (Lipinski definition) is 1. The normalized spacial score (nSPS) is 13.1. The molecule has 2 N–H and O–H groups in total. The highest BCUT2D eigenvalue weighted by atomic mass is 127. The molecule has 19 heavy (non-hydrogen) atoms. The van der Waals surface area contributed by atoms with E-state index in [1.165, 1.54) is 3.57 Å². The van der Waals surface area contributed by atoms with Crippen molar-refractivity contribution in [1.82, 2.24) is 0 Å². The minimum absolute atomic E-state index is 0.0542. The van der Waals surface area contributed by atoms with E-state index in [1.54, 1.807) is 0 Å². The first-order valence-corrected chi connectivity index (χ1v) is 7.58. The van der Waals surface area contributed by atoms with Gasteiger partial charge in [-0.05, 0) is 59.0 Å². The predicted octanol–water partition coefficient (Wildman–Crippen LogP) is 3.66. The van der Waals surface area contributed by atoms with Gasteiger partial charge in [-0.3, -0.25) is 4.79 Å². The molecular formula is C15H22INO2. The monoisotopic (exact) mass is 375 g/mol. The number of carbonyl (C=O) groups is 1. The van der Waals surface area contributed by atoms with E-state index < -0.39 is 0 Å². The van der Waals surface area contributed by atoms with Crippen molar-refractivity contribution in [3.63, 3.8) is 0 Å². The van der Waals surface area contributed by atoms with Crippen LogP contribution in [0.4, 0.5) is 0 Å². The van der Waals surface area contributed by atoms with Crippen molar-refractivity contribution in [2.45, 2.75) is 39.7 Å². The van der Waals surface area contributed by atoms with Gasteiger partial charge in [-0.2, -0.15) is 0 Å². The standard InChI is InChI=1S/C15H22INO2/c1-4-19-14(18)10-15(2,3)9-13(17)11-5-7-12(16)8-6-11/h5-8,13H,4,9-10,17H2,1-3H3. The first-order chi connectivity index (χ1) is 8.84. The summed E-state index contributed by atoms with van der Waals surface area (Å²) in [5.74, 6) is -0.151. The molecule has 0 spiro atoms. The van der Waals surface area contributed by atoms with Gasteiger partial charge in [0.1, 0.15) is 0 Å². The van der Waals surface area contributed by atoms with Crippen molar-refractivity contribution >= 4 is 28.6 Å². The van der Waals surface area contributed by atoms with Gasteiger partial charge in [0.2, 0.25) is 0 Å². The zero-order valence-electron chi connectivity index (χ0n) is 11.8. The molecule has 0 saturated heterocycles. The average Bonchev–Trinajstić information content (AvgIpc) is 2.28. The maximum Gasteiger partial charge on any atom is 0.306 e. The van der Waals surface area contributed by atoms with Gasteiger partial charge in [0.05, 0.1) is 13.0 Å². The molecular weight excluding hydrogens is 353 g/mol. The van der Waals surface area contributed by atoms with Gasteiger partial charge < -0.3 is 10.5 Å². The quantitative estimate of drug-likeness (QED) is 0.610. The molecule has 0 aromatic heterocycles. The van der Waals surface area contributed by atoms with Gasteiger partial charge in [0.25, 0.3) is 0 Å². The Morgan fingerprint density at radius 2 is 1.95 bits per heavy atom. The van der Waals surface area contributed by atoms with Crippen molar-refractivity contribution in [3.8, 4) is 0 Å². The fraction of sp³-hybridized carbons (Fsp3) is 0.533. The number of esters is 1. The van der Waals surface area contributed by atoms with Crippen LogP contribution in [0.3, 0.4) is 0 Å². The second-order valence-electron chi connectivity index (χ2n) is 5.51. The van der Waals surface area contributed by atoms with Gasteiger partial charge in [-0.25, -0.2) is 0 Å². The van der Waals surface area contributed by atoms with Crippen LogP contribution < -0.4 is 5.73 Å². The average molecular weight is 375 g/mol. The summed E-state index contributed by atoms with van der Waals surface area (Å²) in [7, 11) is 0. The molecule has 0 amide bonds. The highest BCUT2D eigenvalue weighted by Crippen LogP contribution is 2.32. The van der Waals surface area contributed by atoms with Crippen LogP contribution in [0.1, 0.15) is 45.2 Å². The predicted molar refractivity (Wildman–Crippen MR) is 85.7 cm³/mol. The van der Waals surface area contributed by atoms with Crippen molar-refractivity contribution < 1.29 is 9.53 Å². The van der Waals surface area contributed by atoms with E-state index in [0.29, 0.717) is 13.0 Å². The van der Waals surface area contributed by atoms with E-state index in [4.69, 9.17) is 10.5 Å². The second kappa shape index (κ2) is 7.24. The minimum atomic E-state index is -0.158. The molecule has 0 aliphatic rings. The summed E-state index contributed by atoms with van der Waals surface area (Å²) in [4.78, 5) is 11.6. The first-order valence-electron chi connectivity index (χ1n) is 6.51. The topological polar surface area (TPSA) is 52.3 Å². The summed E-state index contributed by atoms with van der Waals surface area (Å²) in [6, 6.07) is 8.14. The first kappa shape index (κ1) is 16.4. The molecule has 1 unspecified atom stereocenters. The maximum atomic E-state index is 11.6. The lowest BCUT2D eigenvalue weighted by molar-refractivity contribution is -0.145. The van der Waals surface area contributed by atoms with Gasteiger partial charge >= 0.3 is 5.97 Å². The third-order valence-corrected chi connectivity index (χ3v) is 3.72. The molecule has 0 heterocycles. The SMILES string of the molecule is CCOC(=O)CC(C)(C)CC(N)c1ccc(I)cc1. The number of hydrogen-bond acceptors (Lipinski definition) is 3. The fourth-order valence-corrected chi connectivity index (χ4v) is 2.46. The van der Waals surface area contributed by atoms with Gasteiger partial charge in [0.15, 0.2) is 0 Å². The minimum Gasteiger partial charge on any atom is -0.466 e. The van der Waals surface area contributed by atoms with Crippen molar-refractivity contribution in [3.05, 3.63) is 33.4 Å². The Hall–Kier alpha value is -0.620. The summed E-state index contributed by atoms with van der Waals surface area (Å²) in [5.41, 5.74) is 7.18. The molecule has 1 rings (SSSR count). The lowest BCUT2D eigenvalue weighted by atomic mass is 9.81. The van der Waals surface area contributed by atoms with Crippen LogP contribution in [0.25, 0.3) is 0 Å². The molecule has 1 atom stereocenters. The largest absolute Gasteiger partial charge is 0.466 e. The van der Waals surface area contributed by atoms with E-state index in [1.807, 2.05) is 31.2 Å². The number of halogens is 1. The summed E-state index contributed by atoms with van der Waals surface area (Å²) in [6.07, 6.45) is 1.16. The molecule has 0 aliphatic carbocycles. The third kappa shape index (κ3) is 5.91. The Balaban J connectivity index is 2.61. The third-order valence-electron chi connectivity index (χ3n) is 3.00. The molecule has 4 heteroatoms. The van der Waals surface area contributed by atoms with Crippen LogP contribution in [0.5, 0.6) is 0 Å². The Morgan fingerprint density at radius 3 is 2.47 bits per heavy atom. The molecule has 1 aromatic carbocycles. The van der Waals surface area contributed by atoms with Gasteiger partial charge in [0, 0.05) is 9.61 Å². The van der Waals surface area contributed by atoms with Crippen LogP contribution in [0.15, 0.2) is 24.3 Å². The highest BCUT2D eigenvalue weighted by Gasteiger charge is 2.26. The van der Waals surface area contributed by atoms with Crippen LogP contribution in [0, 0.1) is 8.99 Å². The van der Waals surface area contributed by atoms with E-state index in [9.17, 15) is 4.79 Å². The summed E-state index contributed by atoms with van der Waals surface area (Å²) < 4.78 is 6.19. The molecule has 0 aliphatic heterocycles. The van der Waals surface area contributed by atoms with Crippen molar-refractivity contribution in [2.75, 3.05) is 6.61 Å². The Labute approximate surface area is 129 Å². The van der Waals surface area contributed by atoms with Crippen molar-refractivity contribution in [2.24, 2.45) is 11.1 Å². The Kier molecular flexibility index (Phi) is 6.26. The van der Waals surface area contributed by atoms with E-state index >= 15 is 0 Å². The number of carbonyl (C=O) groups excluding carboxylic acids is 1. The Morgan fingerprint density at radius 1 is 1.37 bits per heavy atom. The fourth-order valence-electron chi connectivity index (χ4n) is 2.10. The van der Waals surface area contributed by atoms with E-state index in [2.05, 4.69) is 36.4 Å². The maximum absolute atomic E-state index is 11.6. The van der Waals surface area contributed by atoms with Gasteiger partial charge in [-0.1, -0.05) is 26.0 Å². The summed E-state index contributed by atoms with van der Waals surface area (Å²) in [5, 5.41) is 0. The second-order valence-corrected chi connectivity index (χ2v) is 6.75. The Bertz CT molecular complexity index is 415. The molecule has 106 valence electrons. The van der Waals surface area contributed by atoms with Crippen LogP contribution in [-0.2, 0) is 9.53 Å². The number of nitrogens with two attached hydrogens (primary N) is 1. The molecule has 0 saturated carbocycles. The zero-order chi connectivity index (χ0) is 14.5. The summed E-state index contributed by atoms with van der Waals surface area (Å²) >= 11 is 2.27. The molecule has 1 aromatic rings. The van der Waals surface area contributed by atoms with Gasteiger partial charge in [-0.15, -0.1) is 0 Å². The van der Waals surface area contributed by atoms with Crippen LogP contribution >= 0.6 is 22.6 Å². The zero-order valence-corrected chi connectivity index (χ0v) is 13.9. The van der Waals surface area contributed by atoms with E-state index in [-0.39, 0.29) is 17.4 Å². The number of benzene rings is 1. The van der Waals surface area contributed by atoms with Crippen LogP contribution in [0.2, 0.25) is 0 Å². The molecule has 0 radical (unpaired) electrons. The highest BCUT2D eigenvalue weighted by molar-refractivity contribution is 14.1. The lowest BCUT2D eigenvalue weighted by Gasteiger charge is -2.27. The molecule has 3 nitrogen and oxygen atoms in total. The lowest BCUT2D eigenvalue weighted by Crippen LogP contribution is -2.25. The molecule has 0 bridgehead atoms. The van der Waals surface area contributed by atoms with E-state index in [0.717, 1.165) is 12.0 Å². The number of ether oxygens (including phenoxy) is 1. The summed E-state index contributed by atoms with van der Waals surface area (Å²) in [6.45, 7) is 6.35. The smallest absolute Gasteiger partial charge is 0.306 e. The molecule has 0 fully saturated rings. The van der Waals surface area contributed by atoms with Crippen LogP contribution in [-0.4, -0.2) is 12.6 Å². The number of rotatable bonds is 6.